The van der Waals surface area contributed by atoms with E-state index in [4.69, 9.17) is 15.4 Å². The highest BCUT2D eigenvalue weighted by Crippen LogP contribution is 2.25. The molecule has 3 N–H and O–H groups in total. The molecule has 0 aliphatic rings. The molecule has 0 atom stereocenters. The molecule has 2 rings (SSSR count). The second-order valence-electron chi connectivity index (χ2n) is 4.30. The first-order chi connectivity index (χ1) is 10.1. The minimum absolute atomic E-state index is 0.0850. The van der Waals surface area contributed by atoms with Crippen LogP contribution in [0.1, 0.15) is 30.7 Å². The van der Waals surface area contributed by atoms with E-state index in [0.29, 0.717) is 18.4 Å². The summed E-state index contributed by atoms with van der Waals surface area (Å²) in [4.78, 5) is 3.94. The zero-order chi connectivity index (χ0) is 15.4. The smallest absolute Gasteiger partial charge is 0.342 e. The Morgan fingerprint density at radius 2 is 2.14 bits per heavy atom. The number of amidine groups is 1. The van der Waals surface area contributed by atoms with Gasteiger partial charge in [0.25, 0.3) is 5.88 Å². The van der Waals surface area contributed by atoms with Gasteiger partial charge in [0.1, 0.15) is 6.33 Å². The van der Waals surface area contributed by atoms with Crippen LogP contribution in [0.3, 0.4) is 0 Å². The normalized spacial score (nSPS) is 10.5. The lowest BCUT2D eigenvalue weighted by molar-refractivity contribution is 0.233. The summed E-state index contributed by atoms with van der Waals surface area (Å²) < 4.78 is 6.97. The molecular weight excluding hydrogens is 274 g/mol. The molecule has 0 aliphatic carbocycles. The van der Waals surface area contributed by atoms with E-state index in [2.05, 4.69) is 20.3 Å². The van der Waals surface area contributed by atoms with Crippen molar-refractivity contribution in [2.75, 3.05) is 0 Å². The van der Waals surface area contributed by atoms with Gasteiger partial charge >= 0.3 is 6.01 Å². The highest BCUT2D eigenvalue weighted by atomic mass is 16.5. The predicted octanol–water partition coefficient (Wildman–Crippen LogP) is 0.826. The van der Waals surface area contributed by atoms with Crippen LogP contribution in [-0.2, 0) is 19.9 Å². The average molecular weight is 291 g/mol. The van der Waals surface area contributed by atoms with Crippen molar-refractivity contribution in [2.45, 2.75) is 26.7 Å². The molecule has 2 aromatic heterocycles. The first kappa shape index (κ1) is 14.9. The zero-order valence-corrected chi connectivity index (χ0v) is 12.1. The van der Waals surface area contributed by atoms with E-state index in [0.717, 1.165) is 11.3 Å². The van der Waals surface area contributed by atoms with Crippen LogP contribution in [0.25, 0.3) is 0 Å². The van der Waals surface area contributed by atoms with Crippen LogP contribution in [-0.4, -0.2) is 36.0 Å². The molecule has 0 aliphatic heterocycles. The Labute approximate surface area is 121 Å². The summed E-state index contributed by atoms with van der Waals surface area (Å²) in [5, 5.41) is 29.0. The number of ether oxygens (including phenoxy) is 1. The molecule has 9 nitrogen and oxygen atoms in total. The third-order valence-electron chi connectivity index (χ3n) is 2.94. The van der Waals surface area contributed by atoms with E-state index < -0.39 is 0 Å². The van der Waals surface area contributed by atoms with Gasteiger partial charge in [-0.2, -0.15) is 10.1 Å². The topological polar surface area (TPSA) is 122 Å². The van der Waals surface area contributed by atoms with E-state index in [1.165, 1.54) is 11.0 Å². The quantitative estimate of drug-likeness (QED) is 0.423. The van der Waals surface area contributed by atoms with Crippen LogP contribution in [0.2, 0.25) is 0 Å². The third kappa shape index (κ3) is 2.97. The molecule has 0 amide bonds. The Balaban J connectivity index is 2.51. The predicted molar refractivity (Wildman–Crippen MR) is 73.6 cm³/mol. The fourth-order valence-corrected chi connectivity index (χ4v) is 1.99. The summed E-state index contributed by atoms with van der Waals surface area (Å²) in [5.74, 6) is -0.121. The van der Waals surface area contributed by atoms with Crippen molar-refractivity contribution < 1.29 is 9.94 Å². The molecule has 0 unspecified atom stereocenters. The van der Waals surface area contributed by atoms with Gasteiger partial charge in [0.2, 0.25) is 0 Å². The monoisotopic (exact) mass is 291 g/mol. The van der Waals surface area contributed by atoms with Crippen LogP contribution in [0, 0.1) is 5.41 Å². The van der Waals surface area contributed by atoms with Crippen LogP contribution in [0.4, 0.5) is 0 Å². The number of nitrogens with zero attached hydrogens (tertiary/aromatic N) is 5. The molecule has 0 saturated heterocycles. The van der Waals surface area contributed by atoms with E-state index in [9.17, 15) is 0 Å². The number of rotatable bonds is 5. The van der Waals surface area contributed by atoms with Crippen molar-refractivity contribution in [1.29, 1.82) is 5.41 Å². The highest BCUT2D eigenvalue weighted by Gasteiger charge is 2.21. The fraction of sp³-hybridized carbons (Fsp3) is 0.417. The summed E-state index contributed by atoms with van der Waals surface area (Å²) in [6.07, 6.45) is 2.79. The van der Waals surface area contributed by atoms with Crippen LogP contribution >= 0.6 is 0 Å². The second kappa shape index (κ2) is 6.27. The van der Waals surface area contributed by atoms with E-state index >= 15 is 0 Å². The molecule has 2 aromatic rings. The highest BCUT2D eigenvalue weighted by molar-refractivity contribution is 5.99. The second-order valence-corrected chi connectivity index (χ2v) is 4.30. The molecule has 21 heavy (non-hydrogen) atoms. The maximum absolute atomic E-state index is 9.05. The molecule has 0 bridgehead atoms. The van der Waals surface area contributed by atoms with Gasteiger partial charge in [-0.25, -0.2) is 0 Å². The van der Waals surface area contributed by atoms with Gasteiger partial charge in [0.15, 0.2) is 5.84 Å². The lowest BCUT2D eigenvalue weighted by atomic mass is 10.0. The number of hydrogen-bond acceptors (Lipinski definition) is 7. The number of aromatic nitrogens is 5. The Morgan fingerprint density at radius 3 is 2.67 bits per heavy atom. The van der Waals surface area contributed by atoms with Gasteiger partial charge in [0.05, 0.1) is 11.3 Å². The summed E-state index contributed by atoms with van der Waals surface area (Å²) in [5.41, 5.74) is 3.74. The first-order valence-electron chi connectivity index (χ1n) is 6.51. The summed E-state index contributed by atoms with van der Waals surface area (Å²) >= 11 is 0. The van der Waals surface area contributed by atoms with Crippen molar-refractivity contribution >= 4 is 5.84 Å². The lowest BCUT2D eigenvalue weighted by Crippen LogP contribution is -2.23. The minimum Gasteiger partial charge on any atom is -0.402 e. The molecule has 112 valence electrons. The van der Waals surface area contributed by atoms with Crippen molar-refractivity contribution in [3.8, 4) is 11.9 Å². The standard InChI is InChI=1S/C12H17N7O2/c1-4-7-8(5-2)15-16-11(9(7)10(13)18-20)21-12-14-6-19(3)17-12/h6,20H,4-5H2,1-3H3,(H2,13,18). The SMILES string of the molecule is CCc1nnc(Oc2ncn(C)n2)c(C(=N)NO)c1CC. The van der Waals surface area contributed by atoms with Crippen LogP contribution in [0.5, 0.6) is 11.9 Å². The largest absolute Gasteiger partial charge is 0.402 e. The summed E-state index contributed by atoms with van der Waals surface area (Å²) in [7, 11) is 1.71. The Hall–Kier alpha value is -2.55. The Kier molecular flexibility index (Phi) is 4.43. The lowest BCUT2D eigenvalue weighted by Gasteiger charge is -2.14. The molecule has 2 heterocycles. The van der Waals surface area contributed by atoms with Gasteiger partial charge in [-0.1, -0.05) is 13.8 Å². The number of hydroxylamine groups is 1. The van der Waals surface area contributed by atoms with Crippen LogP contribution < -0.4 is 10.2 Å². The van der Waals surface area contributed by atoms with Crippen molar-refractivity contribution in [1.82, 2.24) is 30.4 Å². The van der Waals surface area contributed by atoms with E-state index in [-0.39, 0.29) is 17.7 Å². The fourth-order valence-electron chi connectivity index (χ4n) is 1.99. The van der Waals surface area contributed by atoms with Gasteiger partial charge < -0.3 is 4.74 Å². The molecule has 0 fully saturated rings. The third-order valence-corrected chi connectivity index (χ3v) is 2.94. The van der Waals surface area contributed by atoms with Gasteiger partial charge in [-0.15, -0.1) is 10.2 Å². The van der Waals surface area contributed by atoms with Gasteiger partial charge in [0, 0.05) is 7.05 Å². The van der Waals surface area contributed by atoms with Crippen molar-refractivity contribution in [3.05, 3.63) is 23.1 Å². The molecule has 9 heteroatoms. The van der Waals surface area contributed by atoms with Gasteiger partial charge in [-0.3, -0.25) is 20.8 Å². The maximum Gasteiger partial charge on any atom is 0.342 e. The van der Waals surface area contributed by atoms with E-state index in [1.54, 1.807) is 7.05 Å². The van der Waals surface area contributed by atoms with E-state index in [1.807, 2.05) is 19.3 Å². The van der Waals surface area contributed by atoms with Crippen LogP contribution in [0.15, 0.2) is 6.33 Å². The number of nitrogens with one attached hydrogen (secondary N) is 2. The number of hydrogen-bond donors (Lipinski definition) is 3. The summed E-state index contributed by atoms with van der Waals surface area (Å²) in [6, 6.07) is 0.102. The molecule has 0 saturated carbocycles. The average Bonchev–Trinajstić information content (AvgIpc) is 2.90. The molecule has 0 spiro atoms. The summed E-state index contributed by atoms with van der Waals surface area (Å²) in [6.45, 7) is 3.89. The van der Waals surface area contributed by atoms with Gasteiger partial charge in [-0.05, 0) is 18.4 Å². The first-order valence-corrected chi connectivity index (χ1v) is 6.51. The zero-order valence-electron chi connectivity index (χ0n) is 12.1. The Morgan fingerprint density at radius 1 is 1.38 bits per heavy atom. The molecule has 0 aromatic carbocycles. The van der Waals surface area contributed by atoms with Crippen molar-refractivity contribution in [3.63, 3.8) is 0 Å². The maximum atomic E-state index is 9.05. The Bertz CT molecular complexity index is 653. The van der Waals surface area contributed by atoms with Crippen molar-refractivity contribution in [2.24, 2.45) is 7.05 Å². The minimum atomic E-state index is -0.206. The molecule has 0 radical (unpaired) electrons. The number of aryl methyl sites for hydroxylation is 2. The molecular formula is C12H17N7O2.